The molecule has 0 saturated carbocycles. The molecule has 0 atom stereocenters. The summed E-state index contributed by atoms with van der Waals surface area (Å²) in [7, 11) is 0. The maximum absolute atomic E-state index is 12.4. The van der Waals surface area contributed by atoms with E-state index >= 15 is 0 Å². The zero-order chi connectivity index (χ0) is 15.6. The van der Waals surface area contributed by atoms with Crippen molar-refractivity contribution in [2.75, 3.05) is 0 Å². The van der Waals surface area contributed by atoms with E-state index < -0.39 is 22.6 Å². The molecule has 1 aliphatic carbocycles. The molecular formula is C16H13ClO4. The quantitative estimate of drug-likeness (QED) is 0.684. The molecule has 108 valence electrons. The van der Waals surface area contributed by atoms with Crippen LogP contribution in [0.4, 0.5) is 0 Å². The molecule has 1 aromatic rings. The van der Waals surface area contributed by atoms with Gasteiger partial charge in [0.2, 0.25) is 11.0 Å². The lowest BCUT2D eigenvalue weighted by Gasteiger charge is -2.16. The molecule has 5 heteroatoms. The van der Waals surface area contributed by atoms with Crippen molar-refractivity contribution in [2.45, 2.75) is 19.8 Å². The molecule has 1 N–H and O–H groups in total. The Hall–Kier alpha value is -2.20. The highest BCUT2D eigenvalue weighted by molar-refractivity contribution is 6.67. The van der Waals surface area contributed by atoms with E-state index in [1.54, 1.807) is 12.1 Å². The lowest BCUT2D eigenvalue weighted by atomic mass is 9.87. The maximum atomic E-state index is 12.4. The molecule has 1 aromatic carbocycles. The molecule has 21 heavy (non-hydrogen) atoms. The van der Waals surface area contributed by atoms with Crippen LogP contribution in [0.3, 0.4) is 0 Å². The van der Waals surface area contributed by atoms with Gasteiger partial charge in [-0.3, -0.25) is 14.4 Å². The van der Waals surface area contributed by atoms with Crippen molar-refractivity contribution in [3.8, 4) is 0 Å². The highest BCUT2D eigenvalue weighted by atomic mass is 35.5. The molecule has 0 radical (unpaired) electrons. The average Bonchev–Trinajstić information content (AvgIpc) is 2.48. The Balaban J connectivity index is 2.57. The Morgan fingerprint density at radius 3 is 2.29 bits per heavy atom. The van der Waals surface area contributed by atoms with Gasteiger partial charge in [-0.05, 0) is 24.1 Å². The van der Waals surface area contributed by atoms with E-state index in [1.807, 2.05) is 6.92 Å². The second-order valence-electron chi connectivity index (χ2n) is 4.66. The van der Waals surface area contributed by atoms with Crippen LogP contribution in [0.25, 0.3) is 0 Å². The van der Waals surface area contributed by atoms with Crippen LogP contribution in [-0.4, -0.2) is 21.9 Å². The Morgan fingerprint density at radius 1 is 1.19 bits per heavy atom. The van der Waals surface area contributed by atoms with Crippen molar-refractivity contribution in [3.05, 3.63) is 58.4 Å². The number of allylic oxidation sites excluding steroid dienone is 4. The highest BCUT2D eigenvalue weighted by Gasteiger charge is 2.31. The number of benzene rings is 1. The molecule has 0 bridgehead atoms. The average molecular weight is 305 g/mol. The van der Waals surface area contributed by atoms with Crippen LogP contribution in [0.15, 0.2) is 47.2 Å². The number of rotatable bonds is 4. The molecular weight excluding hydrogens is 292 g/mol. The SMILES string of the molecule is CCCC(=CC1=C(O)C(=O)c2ccccc2C1=O)C(=O)Cl. The molecule has 0 amide bonds. The van der Waals surface area contributed by atoms with Gasteiger partial charge in [0.25, 0.3) is 0 Å². The minimum absolute atomic E-state index is 0.159. The molecule has 1 aliphatic rings. The molecule has 0 spiro atoms. The monoisotopic (exact) mass is 304 g/mol. The van der Waals surface area contributed by atoms with E-state index in [1.165, 1.54) is 18.2 Å². The summed E-state index contributed by atoms with van der Waals surface area (Å²) in [5.41, 5.74) is 0.383. The summed E-state index contributed by atoms with van der Waals surface area (Å²) in [6.45, 7) is 1.85. The number of hydrogen-bond acceptors (Lipinski definition) is 4. The smallest absolute Gasteiger partial charge is 0.248 e. The largest absolute Gasteiger partial charge is 0.504 e. The first kappa shape index (κ1) is 15.2. The number of aliphatic hydroxyl groups excluding tert-OH is 1. The van der Waals surface area contributed by atoms with E-state index in [9.17, 15) is 19.5 Å². The maximum Gasteiger partial charge on any atom is 0.248 e. The van der Waals surface area contributed by atoms with Crippen molar-refractivity contribution in [1.29, 1.82) is 0 Å². The number of halogens is 1. The minimum Gasteiger partial charge on any atom is -0.504 e. The summed E-state index contributed by atoms with van der Waals surface area (Å²) < 4.78 is 0. The van der Waals surface area contributed by atoms with E-state index in [2.05, 4.69) is 0 Å². The summed E-state index contributed by atoms with van der Waals surface area (Å²) in [6, 6.07) is 6.24. The number of carbonyl (C=O) groups is 3. The first-order chi connectivity index (χ1) is 9.97. The van der Waals surface area contributed by atoms with E-state index in [4.69, 9.17) is 11.6 Å². The number of hydrogen-bond donors (Lipinski definition) is 1. The van der Waals surface area contributed by atoms with Gasteiger partial charge < -0.3 is 5.11 Å². The topological polar surface area (TPSA) is 71.4 Å². The van der Waals surface area contributed by atoms with Gasteiger partial charge in [-0.15, -0.1) is 0 Å². The Bertz CT molecular complexity index is 698. The third-order valence-corrected chi connectivity index (χ3v) is 3.46. The molecule has 0 saturated heterocycles. The van der Waals surface area contributed by atoms with E-state index in [-0.39, 0.29) is 22.3 Å². The van der Waals surface area contributed by atoms with Crippen LogP contribution in [0.2, 0.25) is 0 Å². The fraction of sp³-hybridized carbons (Fsp3) is 0.188. The normalized spacial score (nSPS) is 15.2. The number of aliphatic hydroxyl groups is 1. The third-order valence-electron chi connectivity index (χ3n) is 3.22. The standard InChI is InChI=1S/C16H13ClO4/c1-2-5-9(16(17)21)8-12-13(18)10-6-3-4-7-11(10)14(19)15(12)20/h3-4,6-8,20H,2,5H2,1H3. The van der Waals surface area contributed by atoms with Crippen LogP contribution in [0.1, 0.15) is 40.5 Å². The molecule has 2 rings (SSSR count). The third kappa shape index (κ3) is 2.81. The predicted molar refractivity (Wildman–Crippen MR) is 78.6 cm³/mol. The van der Waals surface area contributed by atoms with Crippen molar-refractivity contribution in [1.82, 2.24) is 0 Å². The van der Waals surface area contributed by atoms with E-state index in [0.29, 0.717) is 12.8 Å². The Labute approximate surface area is 126 Å². The molecule has 0 unspecified atom stereocenters. The second-order valence-corrected chi connectivity index (χ2v) is 5.00. The van der Waals surface area contributed by atoms with Crippen LogP contribution in [0, 0.1) is 0 Å². The number of fused-ring (bicyclic) bond motifs is 1. The first-order valence-electron chi connectivity index (χ1n) is 6.49. The summed E-state index contributed by atoms with van der Waals surface area (Å²) in [6.07, 6.45) is 2.23. The van der Waals surface area contributed by atoms with Crippen molar-refractivity contribution < 1.29 is 19.5 Å². The predicted octanol–water partition coefficient (Wildman–Crippen LogP) is 3.37. The lowest BCUT2D eigenvalue weighted by molar-refractivity contribution is -0.108. The molecule has 0 fully saturated rings. The van der Waals surface area contributed by atoms with Gasteiger partial charge in [-0.2, -0.15) is 0 Å². The lowest BCUT2D eigenvalue weighted by Crippen LogP contribution is -2.21. The van der Waals surface area contributed by atoms with Crippen LogP contribution < -0.4 is 0 Å². The minimum atomic E-state index is -0.698. The second kappa shape index (κ2) is 6.06. The Kier molecular flexibility index (Phi) is 4.38. The highest BCUT2D eigenvalue weighted by Crippen LogP contribution is 2.27. The summed E-state index contributed by atoms with van der Waals surface area (Å²) in [5.74, 6) is -1.77. The van der Waals surface area contributed by atoms with Gasteiger partial charge in [0.1, 0.15) is 0 Å². The van der Waals surface area contributed by atoms with Crippen LogP contribution in [-0.2, 0) is 4.79 Å². The van der Waals surface area contributed by atoms with Crippen molar-refractivity contribution >= 4 is 28.4 Å². The fourth-order valence-corrected chi connectivity index (χ4v) is 2.34. The van der Waals surface area contributed by atoms with Crippen LogP contribution in [0.5, 0.6) is 0 Å². The van der Waals surface area contributed by atoms with Crippen LogP contribution >= 0.6 is 11.6 Å². The summed E-state index contributed by atoms with van der Waals surface area (Å²) in [4.78, 5) is 35.8. The number of ketones is 2. The zero-order valence-corrected chi connectivity index (χ0v) is 12.1. The van der Waals surface area contributed by atoms with Gasteiger partial charge in [-0.1, -0.05) is 37.6 Å². The Morgan fingerprint density at radius 2 is 1.76 bits per heavy atom. The number of carbonyl (C=O) groups excluding carboxylic acids is 3. The van der Waals surface area contributed by atoms with Gasteiger partial charge >= 0.3 is 0 Å². The van der Waals surface area contributed by atoms with Gasteiger partial charge in [0, 0.05) is 16.7 Å². The van der Waals surface area contributed by atoms with E-state index in [0.717, 1.165) is 0 Å². The van der Waals surface area contributed by atoms with Gasteiger partial charge in [0.05, 0.1) is 5.57 Å². The molecule has 0 aromatic heterocycles. The van der Waals surface area contributed by atoms with Crippen molar-refractivity contribution in [3.63, 3.8) is 0 Å². The molecule has 0 aliphatic heterocycles. The number of Topliss-reactive ketones (excluding diaryl/α,β-unsaturated/α-hetero) is 2. The molecule has 0 heterocycles. The first-order valence-corrected chi connectivity index (χ1v) is 6.87. The fourth-order valence-electron chi connectivity index (χ4n) is 2.19. The van der Waals surface area contributed by atoms with Gasteiger partial charge in [0.15, 0.2) is 11.5 Å². The summed E-state index contributed by atoms with van der Waals surface area (Å²) >= 11 is 5.47. The summed E-state index contributed by atoms with van der Waals surface area (Å²) in [5, 5.41) is 9.27. The van der Waals surface area contributed by atoms with Crippen molar-refractivity contribution in [2.24, 2.45) is 0 Å². The molecule has 4 nitrogen and oxygen atoms in total. The zero-order valence-electron chi connectivity index (χ0n) is 11.4. The van der Waals surface area contributed by atoms with Gasteiger partial charge in [-0.25, -0.2) is 0 Å².